The number of nitrogens with zero attached hydrogens (tertiary/aromatic N) is 6. The van der Waals surface area contributed by atoms with E-state index in [1.807, 2.05) is 12.1 Å². The zero-order chi connectivity index (χ0) is 28.7. The molecule has 4 heterocycles. The van der Waals surface area contributed by atoms with Crippen molar-refractivity contribution in [3.05, 3.63) is 34.6 Å². The SMILES string of the molecule is C.COC(=O)N[C@H]1CN(C2CN(c3cc(CN)cc(Nc4nc(NC5CC5)c5ncc(CN)n5n4)c3Cl)C2)C[C@H]1OC. The van der Waals surface area contributed by atoms with E-state index in [9.17, 15) is 4.79 Å². The molecule has 3 aliphatic rings. The third kappa shape index (κ3) is 5.90. The summed E-state index contributed by atoms with van der Waals surface area (Å²) in [5.74, 6) is 1.03. The van der Waals surface area contributed by atoms with Gasteiger partial charge in [-0.15, -0.1) is 5.10 Å². The lowest BCUT2D eigenvalue weighted by molar-refractivity contribution is 0.0812. The molecular formula is C27H40ClN11O3. The summed E-state index contributed by atoms with van der Waals surface area (Å²) in [5, 5.41) is 14.9. The lowest BCUT2D eigenvalue weighted by Crippen LogP contribution is -2.59. The number of hydrogen-bond donors (Lipinski definition) is 5. The Balaban J connectivity index is 0.00000353. The number of fused-ring (bicyclic) bond motifs is 1. The van der Waals surface area contributed by atoms with Gasteiger partial charge in [0, 0.05) is 58.5 Å². The van der Waals surface area contributed by atoms with E-state index in [0.717, 1.165) is 49.4 Å². The molecule has 2 saturated heterocycles. The number of rotatable bonds is 10. The van der Waals surface area contributed by atoms with Crippen LogP contribution in [0.15, 0.2) is 18.3 Å². The molecule has 0 unspecified atom stereocenters. The maximum absolute atomic E-state index is 11.8. The number of methoxy groups -OCH3 is 2. The van der Waals surface area contributed by atoms with Crippen molar-refractivity contribution in [3.63, 3.8) is 0 Å². The van der Waals surface area contributed by atoms with E-state index in [1.165, 1.54) is 7.11 Å². The number of nitrogens with one attached hydrogen (secondary N) is 3. The Morgan fingerprint density at radius 3 is 2.60 bits per heavy atom. The molecular weight excluding hydrogens is 562 g/mol. The van der Waals surface area contributed by atoms with Crippen molar-refractivity contribution in [1.82, 2.24) is 29.8 Å². The highest BCUT2D eigenvalue weighted by atomic mass is 35.5. The molecule has 1 saturated carbocycles. The highest BCUT2D eigenvalue weighted by Crippen LogP contribution is 2.39. The molecule has 0 bridgehead atoms. The second-order valence-corrected chi connectivity index (χ2v) is 11.1. The number of halogens is 1. The molecule has 7 N–H and O–H groups in total. The van der Waals surface area contributed by atoms with Gasteiger partial charge in [-0.2, -0.15) is 4.98 Å². The first-order valence-electron chi connectivity index (χ1n) is 13.8. The van der Waals surface area contributed by atoms with E-state index in [2.05, 4.69) is 35.8 Å². The van der Waals surface area contributed by atoms with Gasteiger partial charge in [-0.25, -0.2) is 14.3 Å². The van der Waals surface area contributed by atoms with Crippen LogP contribution in [0.2, 0.25) is 5.02 Å². The number of carbonyl (C=O) groups is 1. The normalized spacial score (nSPS) is 20.7. The van der Waals surface area contributed by atoms with Crippen molar-refractivity contribution in [2.75, 3.05) is 55.9 Å². The molecule has 228 valence electrons. The number of amides is 1. The minimum absolute atomic E-state index is 0. The standard InChI is InChI=1S/C26H36ClN11O3.CH4/c1-40-21-13-36(12-19(21)33-26(39)41-2)17-10-37(11-17)20-6-14(7-28)5-18(22(20)27)32-25-34-23(31-15-3-4-15)24-30-9-16(8-29)38(24)35-25;/h5-6,9,15,17,19,21H,3-4,7-8,10-13,28-29H2,1-2H3,(H,33,39)(H2,31,32,34,35);1H4/t19-,21+;/m0./s1. The lowest BCUT2D eigenvalue weighted by atomic mass is 10.0. The van der Waals surface area contributed by atoms with Crippen molar-refractivity contribution in [3.8, 4) is 0 Å². The summed E-state index contributed by atoms with van der Waals surface area (Å²) < 4.78 is 12.1. The molecule has 0 spiro atoms. The first-order valence-corrected chi connectivity index (χ1v) is 14.2. The summed E-state index contributed by atoms with van der Waals surface area (Å²) in [6.45, 7) is 3.62. The summed E-state index contributed by atoms with van der Waals surface area (Å²) in [4.78, 5) is 25.5. The summed E-state index contributed by atoms with van der Waals surface area (Å²) in [6, 6.07) is 4.50. The molecule has 1 amide bonds. The number of carbonyl (C=O) groups excluding carboxylic acids is 1. The van der Waals surface area contributed by atoms with Crippen LogP contribution in [0.1, 0.15) is 31.5 Å². The zero-order valence-corrected chi connectivity index (χ0v) is 23.9. The van der Waals surface area contributed by atoms with E-state index in [0.29, 0.717) is 59.8 Å². The minimum atomic E-state index is -0.453. The number of anilines is 4. The van der Waals surface area contributed by atoms with Crippen molar-refractivity contribution >= 4 is 46.5 Å². The quantitative estimate of drug-likeness (QED) is 0.229. The number of nitrogens with two attached hydrogens (primary N) is 2. The van der Waals surface area contributed by atoms with E-state index < -0.39 is 6.09 Å². The summed E-state index contributed by atoms with van der Waals surface area (Å²) >= 11 is 6.98. The highest BCUT2D eigenvalue weighted by molar-refractivity contribution is 6.36. The van der Waals surface area contributed by atoms with Gasteiger partial charge in [-0.1, -0.05) is 19.0 Å². The van der Waals surface area contributed by atoms with Crippen LogP contribution in [0.25, 0.3) is 5.65 Å². The van der Waals surface area contributed by atoms with Crippen LogP contribution >= 0.6 is 11.6 Å². The summed E-state index contributed by atoms with van der Waals surface area (Å²) in [6.07, 6.45) is 3.36. The van der Waals surface area contributed by atoms with Crippen molar-refractivity contribution < 1.29 is 14.3 Å². The molecule has 2 aromatic heterocycles. The highest BCUT2D eigenvalue weighted by Gasteiger charge is 2.42. The maximum atomic E-state index is 11.8. The van der Waals surface area contributed by atoms with Gasteiger partial charge < -0.3 is 41.8 Å². The molecule has 2 atom stereocenters. The second kappa shape index (κ2) is 12.4. The van der Waals surface area contributed by atoms with Gasteiger partial charge in [0.1, 0.15) is 0 Å². The Morgan fingerprint density at radius 2 is 1.93 bits per heavy atom. The molecule has 14 nitrogen and oxygen atoms in total. The molecule has 15 heteroatoms. The van der Waals surface area contributed by atoms with E-state index in [4.69, 9.17) is 37.5 Å². The molecule has 2 aliphatic heterocycles. The van der Waals surface area contributed by atoms with Gasteiger partial charge in [0.15, 0.2) is 11.5 Å². The van der Waals surface area contributed by atoms with Gasteiger partial charge in [0.05, 0.1) is 47.5 Å². The number of benzene rings is 1. The Hall–Kier alpha value is -3.43. The first-order chi connectivity index (χ1) is 19.9. The molecule has 1 aliphatic carbocycles. The largest absolute Gasteiger partial charge is 0.453 e. The van der Waals surface area contributed by atoms with Crippen LogP contribution in [-0.2, 0) is 22.6 Å². The fourth-order valence-corrected chi connectivity index (χ4v) is 5.71. The number of ether oxygens (including phenoxy) is 2. The fraction of sp³-hybridized carbons (Fsp3) is 0.556. The van der Waals surface area contributed by atoms with Crippen LogP contribution in [-0.4, -0.2) is 95.2 Å². The number of imidazole rings is 1. The van der Waals surface area contributed by atoms with E-state index >= 15 is 0 Å². The Labute approximate surface area is 250 Å². The topological polar surface area (TPSA) is 173 Å². The Morgan fingerprint density at radius 1 is 1.14 bits per heavy atom. The van der Waals surface area contributed by atoms with E-state index in [-0.39, 0.29) is 19.6 Å². The number of likely N-dealkylation sites (tertiary alicyclic amines) is 1. The van der Waals surface area contributed by atoms with Gasteiger partial charge in [-0.05, 0) is 30.5 Å². The third-order valence-electron chi connectivity index (χ3n) is 7.96. The maximum Gasteiger partial charge on any atom is 0.407 e. The molecule has 0 radical (unpaired) electrons. The third-order valence-corrected chi connectivity index (χ3v) is 8.36. The fourth-order valence-electron chi connectivity index (χ4n) is 5.44. The number of aromatic nitrogens is 4. The number of alkyl carbamates (subject to hydrolysis) is 1. The molecule has 42 heavy (non-hydrogen) atoms. The van der Waals surface area contributed by atoms with Crippen LogP contribution in [0.3, 0.4) is 0 Å². The zero-order valence-electron chi connectivity index (χ0n) is 23.1. The van der Waals surface area contributed by atoms with E-state index in [1.54, 1.807) is 17.8 Å². The van der Waals surface area contributed by atoms with Gasteiger partial charge in [0.25, 0.3) is 0 Å². The summed E-state index contributed by atoms with van der Waals surface area (Å²) in [7, 11) is 3.02. The predicted octanol–water partition coefficient (Wildman–Crippen LogP) is 1.89. The average Bonchev–Trinajstić information content (AvgIpc) is 3.53. The monoisotopic (exact) mass is 601 g/mol. The van der Waals surface area contributed by atoms with Crippen molar-refractivity contribution in [2.45, 2.75) is 57.6 Å². The number of hydrogen-bond acceptors (Lipinski definition) is 12. The van der Waals surface area contributed by atoms with Crippen molar-refractivity contribution in [2.24, 2.45) is 11.5 Å². The second-order valence-electron chi connectivity index (χ2n) is 10.7. The lowest BCUT2D eigenvalue weighted by Gasteiger charge is -2.46. The van der Waals surface area contributed by atoms with Gasteiger partial charge in [0.2, 0.25) is 5.95 Å². The molecule has 6 rings (SSSR count). The first kappa shape index (κ1) is 30.0. The van der Waals surface area contributed by atoms with Crippen LogP contribution < -0.4 is 32.3 Å². The van der Waals surface area contributed by atoms with Crippen LogP contribution in [0, 0.1) is 0 Å². The average molecular weight is 602 g/mol. The smallest absolute Gasteiger partial charge is 0.407 e. The van der Waals surface area contributed by atoms with Gasteiger partial charge >= 0.3 is 6.09 Å². The van der Waals surface area contributed by atoms with Crippen LogP contribution in [0.4, 0.5) is 27.9 Å². The van der Waals surface area contributed by atoms with Crippen LogP contribution in [0.5, 0.6) is 0 Å². The van der Waals surface area contributed by atoms with Crippen molar-refractivity contribution in [1.29, 1.82) is 0 Å². The minimum Gasteiger partial charge on any atom is -0.453 e. The molecule has 3 aromatic rings. The molecule has 1 aromatic carbocycles. The Bertz CT molecular complexity index is 1430. The Kier molecular flexibility index (Phi) is 8.89. The van der Waals surface area contributed by atoms with Gasteiger partial charge in [-0.3, -0.25) is 4.90 Å². The summed E-state index contributed by atoms with van der Waals surface area (Å²) in [5.41, 5.74) is 15.9. The molecule has 3 fully saturated rings. The predicted molar refractivity (Wildman–Crippen MR) is 162 cm³/mol.